The Bertz CT molecular complexity index is 692. The van der Waals surface area contributed by atoms with E-state index in [1.54, 1.807) is 24.1 Å². The molecule has 1 atom stereocenters. The van der Waals surface area contributed by atoms with Crippen LogP contribution in [0.1, 0.15) is 17.8 Å². The van der Waals surface area contributed by atoms with Gasteiger partial charge in [-0.15, -0.1) is 0 Å². The van der Waals surface area contributed by atoms with Crippen molar-refractivity contribution >= 4 is 22.6 Å². The quantitative estimate of drug-likeness (QED) is 0.828. The van der Waals surface area contributed by atoms with Gasteiger partial charge < -0.3 is 15.0 Å². The van der Waals surface area contributed by atoms with Crippen molar-refractivity contribution in [1.29, 1.82) is 0 Å². The lowest BCUT2D eigenvalue weighted by atomic mass is 10.2. The van der Waals surface area contributed by atoms with Crippen molar-refractivity contribution in [1.82, 2.24) is 14.3 Å². The highest BCUT2D eigenvalue weighted by molar-refractivity contribution is 7.09. The molecule has 2 aromatic rings. The normalized spacial score (nSPS) is 17.5. The Labute approximate surface area is 143 Å². The Hall–Kier alpha value is -2.06. The summed E-state index contributed by atoms with van der Waals surface area (Å²) in [6.45, 7) is 1.74. The number of benzene rings is 1. The van der Waals surface area contributed by atoms with Gasteiger partial charge in [-0.25, -0.2) is 9.37 Å². The standard InChI is InChI=1S/C16H19FN4O2S/c1-23-9-7-14-19-16(24-20-14)18-13-6-8-21(15(13)22)10-11-2-4-12(17)5-3-11/h2-5,13H,6-10H2,1H3,(H,18,19,20). The van der Waals surface area contributed by atoms with Crippen LogP contribution in [-0.2, 0) is 22.5 Å². The van der Waals surface area contributed by atoms with E-state index in [9.17, 15) is 9.18 Å². The molecule has 1 aromatic heterocycles. The second-order valence-corrected chi connectivity index (χ2v) is 6.38. The molecule has 1 aromatic carbocycles. The fraction of sp³-hybridized carbons (Fsp3) is 0.438. The monoisotopic (exact) mass is 350 g/mol. The molecule has 3 rings (SSSR count). The molecule has 1 fully saturated rings. The molecule has 1 saturated heterocycles. The van der Waals surface area contributed by atoms with Gasteiger partial charge in [0.15, 0.2) is 0 Å². The van der Waals surface area contributed by atoms with Crippen molar-refractivity contribution < 1.29 is 13.9 Å². The molecule has 0 bridgehead atoms. The third-order valence-corrected chi connectivity index (χ3v) is 4.56. The first-order valence-corrected chi connectivity index (χ1v) is 8.54. The Morgan fingerprint density at radius 1 is 1.42 bits per heavy atom. The minimum absolute atomic E-state index is 0.0352. The summed E-state index contributed by atoms with van der Waals surface area (Å²) in [6.07, 6.45) is 1.37. The zero-order valence-electron chi connectivity index (χ0n) is 13.4. The number of nitrogens with one attached hydrogen (secondary N) is 1. The fourth-order valence-corrected chi connectivity index (χ4v) is 3.26. The average molecular weight is 350 g/mol. The maximum Gasteiger partial charge on any atom is 0.245 e. The molecular weight excluding hydrogens is 331 g/mol. The molecule has 24 heavy (non-hydrogen) atoms. The van der Waals surface area contributed by atoms with Crippen LogP contribution in [0.4, 0.5) is 9.52 Å². The number of methoxy groups -OCH3 is 1. The van der Waals surface area contributed by atoms with Crippen molar-refractivity contribution in [2.75, 3.05) is 25.6 Å². The Morgan fingerprint density at radius 3 is 2.96 bits per heavy atom. The number of amides is 1. The summed E-state index contributed by atoms with van der Waals surface area (Å²) >= 11 is 1.26. The fourth-order valence-electron chi connectivity index (χ4n) is 2.60. The van der Waals surface area contributed by atoms with E-state index in [1.807, 2.05) is 0 Å². The Balaban J connectivity index is 1.55. The molecule has 128 valence electrons. The third-order valence-electron chi connectivity index (χ3n) is 3.88. The number of hydrogen-bond acceptors (Lipinski definition) is 6. The molecule has 1 N–H and O–H groups in total. The van der Waals surface area contributed by atoms with Crippen molar-refractivity contribution in [2.45, 2.75) is 25.4 Å². The molecule has 0 aliphatic carbocycles. The molecule has 1 aliphatic rings. The zero-order chi connectivity index (χ0) is 16.9. The largest absolute Gasteiger partial charge is 0.384 e. The summed E-state index contributed by atoms with van der Waals surface area (Å²) < 4.78 is 22.2. The van der Waals surface area contributed by atoms with E-state index in [0.29, 0.717) is 37.7 Å². The molecule has 1 amide bonds. The summed E-state index contributed by atoms with van der Waals surface area (Å²) in [4.78, 5) is 18.6. The molecular formula is C16H19FN4O2S. The van der Waals surface area contributed by atoms with Crippen molar-refractivity contribution in [2.24, 2.45) is 0 Å². The van der Waals surface area contributed by atoms with Crippen LogP contribution in [0.25, 0.3) is 0 Å². The van der Waals surface area contributed by atoms with E-state index in [2.05, 4.69) is 14.7 Å². The molecule has 0 saturated carbocycles. The highest BCUT2D eigenvalue weighted by Crippen LogP contribution is 2.20. The van der Waals surface area contributed by atoms with E-state index in [0.717, 1.165) is 11.4 Å². The number of likely N-dealkylation sites (tertiary alicyclic amines) is 1. The summed E-state index contributed by atoms with van der Waals surface area (Å²) in [5.74, 6) is 0.484. The second kappa shape index (κ2) is 7.67. The van der Waals surface area contributed by atoms with Gasteiger partial charge in [-0.2, -0.15) is 4.37 Å². The predicted octanol–water partition coefficient (Wildman–Crippen LogP) is 2.08. The van der Waals surface area contributed by atoms with Gasteiger partial charge in [0.05, 0.1) is 6.61 Å². The van der Waals surface area contributed by atoms with Crippen LogP contribution in [0, 0.1) is 5.82 Å². The van der Waals surface area contributed by atoms with Crippen molar-refractivity contribution in [3.8, 4) is 0 Å². The topological polar surface area (TPSA) is 67.3 Å². The first kappa shape index (κ1) is 16.8. The van der Waals surface area contributed by atoms with Gasteiger partial charge in [0, 0.05) is 38.2 Å². The number of hydrogen-bond donors (Lipinski definition) is 1. The molecule has 1 aliphatic heterocycles. The SMILES string of the molecule is COCCc1nsc(NC2CCN(Cc3ccc(F)cc3)C2=O)n1. The van der Waals surface area contributed by atoms with Gasteiger partial charge in [-0.1, -0.05) is 12.1 Å². The summed E-state index contributed by atoms with van der Waals surface area (Å²) in [5.41, 5.74) is 0.920. The first-order chi connectivity index (χ1) is 11.7. The van der Waals surface area contributed by atoms with Crippen LogP contribution in [0.5, 0.6) is 0 Å². The maximum absolute atomic E-state index is 13.0. The van der Waals surface area contributed by atoms with Gasteiger partial charge in [0.1, 0.15) is 17.7 Å². The Morgan fingerprint density at radius 2 is 2.21 bits per heavy atom. The summed E-state index contributed by atoms with van der Waals surface area (Å²) in [5, 5.41) is 3.82. The molecule has 8 heteroatoms. The van der Waals surface area contributed by atoms with Crippen LogP contribution in [-0.4, -0.2) is 46.5 Å². The molecule has 2 heterocycles. The number of carbonyl (C=O) groups is 1. The van der Waals surface area contributed by atoms with Crippen molar-refractivity contribution in [3.05, 3.63) is 41.5 Å². The minimum Gasteiger partial charge on any atom is -0.384 e. The third kappa shape index (κ3) is 4.07. The van der Waals surface area contributed by atoms with Crippen molar-refractivity contribution in [3.63, 3.8) is 0 Å². The smallest absolute Gasteiger partial charge is 0.245 e. The zero-order valence-corrected chi connectivity index (χ0v) is 14.2. The van der Waals surface area contributed by atoms with E-state index < -0.39 is 0 Å². The van der Waals surface area contributed by atoms with Gasteiger partial charge in [-0.3, -0.25) is 4.79 Å². The lowest BCUT2D eigenvalue weighted by molar-refractivity contribution is -0.128. The number of aromatic nitrogens is 2. The Kier molecular flexibility index (Phi) is 5.37. The summed E-state index contributed by atoms with van der Waals surface area (Å²) in [6, 6.07) is 5.95. The number of rotatable bonds is 7. The van der Waals surface area contributed by atoms with E-state index in [1.165, 1.54) is 23.7 Å². The predicted molar refractivity (Wildman–Crippen MR) is 89.3 cm³/mol. The highest BCUT2D eigenvalue weighted by Gasteiger charge is 2.32. The van der Waals surface area contributed by atoms with Crippen LogP contribution >= 0.6 is 11.5 Å². The van der Waals surface area contributed by atoms with Gasteiger partial charge >= 0.3 is 0 Å². The van der Waals surface area contributed by atoms with Crippen LogP contribution in [0.3, 0.4) is 0 Å². The van der Waals surface area contributed by atoms with E-state index in [4.69, 9.17) is 4.74 Å². The van der Waals surface area contributed by atoms with E-state index in [-0.39, 0.29) is 17.8 Å². The maximum atomic E-state index is 13.0. The first-order valence-electron chi connectivity index (χ1n) is 7.77. The van der Waals surface area contributed by atoms with Crippen LogP contribution in [0.15, 0.2) is 24.3 Å². The number of ether oxygens (including phenoxy) is 1. The van der Waals surface area contributed by atoms with Gasteiger partial charge in [-0.05, 0) is 24.1 Å². The summed E-state index contributed by atoms with van der Waals surface area (Å²) in [7, 11) is 1.64. The lowest BCUT2D eigenvalue weighted by Gasteiger charge is -2.17. The number of carbonyl (C=O) groups excluding carboxylic acids is 1. The minimum atomic E-state index is -0.284. The lowest BCUT2D eigenvalue weighted by Crippen LogP contribution is -2.33. The number of halogens is 1. The average Bonchev–Trinajstić information content (AvgIpc) is 3.17. The van der Waals surface area contributed by atoms with E-state index >= 15 is 0 Å². The highest BCUT2D eigenvalue weighted by atomic mass is 32.1. The second-order valence-electron chi connectivity index (χ2n) is 5.63. The molecule has 1 unspecified atom stereocenters. The number of nitrogens with zero attached hydrogens (tertiary/aromatic N) is 3. The number of anilines is 1. The van der Waals surface area contributed by atoms with Gasteiger partial charge in [0.2, 0.25) is 11.0 Å². The van der Waals surface area contributed by atoms with Crippen LogP contribution in [0.2, 0.25) is 0 Å². The molecule has 6 nitrogen and oxygen atoms in total. The molecule has 0 spiro atoms. The van der Waals surface area contributed by atoms with Gasteiger partial charge in [0.25, 0.3) is 0 Å². The molecule has 0 radical (unpaired) electrons. The van der Waals surface area contributed by atoms with Crippen LogP contribution < -0.4 is 5.32 Å².